The first kappa shape index (κ1) is 20.1. The molecule has 1 saturated heterocycles. The first-order valence-corrected chi connectivity index (χ1v) is 10.5. The Morgan fingerprint density at radius 2 is 1.52 bits per heavy atom. The van der Waals surface area contributed by atoms with Crippen molar-refractivity contribution in [3.8, 4) is 11.5 Å². The van der Waals surface area contributed by atoms with Gasteiger partial charge in [-0.3, -0.25) is 0 Å². The maximum Gasteiger partial charge on any atom is 0.244 e. The zero-order valence-corrected chi connectivity index (χ0v) is 17.3. The minimum Gasteiger partial charge on any atom is -0.495 e. The summed E-state index contributed by atoms with van der Waals surface area (Å²) in [6.07, 6.45) is 0. The van der Waals surface area contributed by atoms with Crippen LogP contribution in [0.25, 0.3) is 0 Å². The Hall–Kier alpha value is -1.67. The molecule has 146 valence electrons. The van der Waals surface area contributed by atoms with Crippen molar-refractivity contribution in [2.45, 2.75) is 4.90 Å². The third-order valence-electron chi connectivity index (χ3n) is 4.49. The summed E-state index contributed by atoms with van der Waals surface area (Å²) in [4.78, 5) is 2.09. The molecule has 0 bridgehead atoms. The second kappa shape index (κ2) is 8.14. The molecule has 0 N–H and O–H groups in total. The highest BCUT2D eigenvalue weighted by Crippen LogP contribution is 2.35. The van der Waals surface area contributed by atoms with Crippen LogP contribution >= 0.6 is 23.2 Å². The Morgan fingerprint density at radius 3 is 2.15 bits per heavy atom. The highest BCUT2D eigenvalue weighted by atomic mass is 35.5. The molecule has 1 heterocycles. The topological polar surface area (TPSA) is 59.1 Å². The molecule has 6 nitrogen and oxygen atoms in total. The highest BCUT2D eigenvalue weighted by molar-refractivity contribution is 7.89. The second-order valence-corrected chi connectivity index (χ2v) is 8.70. The molecule has 0 amide bonds. The molecular formula is C18H20Cl2N2O4S. The Kier molecular flexibility index (Phi) is 6.05. The van der Waals surface area contributed by atoms with Crippen LogP contribution in [-0.4, -0.2) is 53.1 Å². The summed E-state index contributed by atoms with van der Waals surface area (Å²) in [6, 6.07) is 10.4. The van der Waals surface area contributed by atoms with Gasteiger partial charge in [0.1, 0.15) is 16.4 Å². The van der Waals surface area contributed by atoms with Crippen LogP contribution in [0.1, 0.15) is 0 Å². The van der Waals surface area contributed by atoms with Gasteiger partial charge in [0, 0.05) is 32.2 Å². The molecule has 3 rings (SSSR count). The zero-order chi connectivity index (χ0) is 19.6. The van der Waals surface area contributed by atoms with E-state index in [2.05, 4.69) is 4.90 Å². The smallest absolute Gasteiger partial charge is 0.244 e. The lowest BCUT2D eigenvalue weighted by Gasteiger charge is -2.36. The van der Waals surface area contributed by atoms with Crippen molar-refractivity contribution in [1.29, 1.82) is 0 Å². The third-order valence-corrected chi connectivity index (χ3v) is 7.15. The molecular weight excluding hydrogens is 411 g/mol. The number of rotatable bonds is 5. The Bertz CT molecular complexity index is 929. The van der Waals surface area contributed by atoms with Gasteiger partial charge in [-0.2, -0.15) is 4.31 Å². The number of nitrogens with zero attached hydrogens (tertiary/aromatic N) is 2. The Morgan fingerprint density at radius 1 is 0.889 bits per heavy atom. The number of ether oxygens (including phenoxy) is 2. The predicted molar refractivity (Wildman–Crippen MR) is 107 cm³/mol. The van der Waals surface area contributed by atoms with Crippen LogP contribution < -0.4 is 14.4 Å². The average Bonchev–Trinajstić information content (AvgIpc) is 2.69. The van der Waals surface area contributed by atoms with Gasteiger partial charge in [0.15, 0.2) is 0 Å². The zero-order valence-electron chi connectivity index (χ0n) is 15.0. The van der Waals surface area contributed by atoms with Gasteiger partial charge < -0.3 is 14.4 Å². The number of hydrogen-bond acceptors (Lipinski definition) is 5. The molecule has 1 aliphatic heterocycles. The fraction of sp³-hybridized carbons (Fsp3) is 0.333. The van der Waals surface area contributed by atoms with E-state index in [1.54, 1.807) is 7.11 Å². The number of methoxy groups -OCH3 is 2. The molecule has 0 spiro atoms. The number of benzene rings is 2. The summed E-state index contributed by atoms with van der Waals surface area (Å²) >= 11 is 12.3. The van der Waals surface area contributed by atoms with E-state index in [0.717, 1.165) is 11.4 Å². The Labute approximate surface area is 169 Å². The molecule has 0 aliphatic carbocycles. The van der Waals surface area contributed by atoms with Crippen molar-refractivity contribution >= 4 is 38.9 Å². The quantitative estimate of drug-likeness (QED) is 0.725. The van der Waals surface area contributed by atoms with E-state index in [9.17, 15) is 8.42 Å². The van der Waals surface area contributed by atoms with Gasteiger partial charge in [0.05, 0.1) is 30.0 Å². The molecule has 0 radical (unpaired) electrons. The fourth-order valence-corrected chi connectivity index (χ4v) is 5.31. The lowest BCUT2D eigenvalue weighted by Crippen LogP contribution is -2.48. The summed E-state index contributed by atoms with van der Waals surface area (Å²) in [5.41, 5.74) is 0.947. The van der Waals surface area contributed by atoms with Crippen LogP contribution in [0, 0.1) is 0 Å². The standard InChI is InChI=1S/C18H20Cl2N2O4S/c1-25-16-6-4-3-5-15(16)21-7-9-22(10-8-21)27(23,24)18-12-13(19)17(26-2)11-14(18)20/h3-6,11-12H,7-10H2,1-2H3. The molecule has 0 atom stereocenters. The number of para-hydroxylation sites is 2. The lowest BCUT2D eigenvalue weighted by molar-refractivity contribution is 0.378. The molecule has 1 aliphatic rings. The second-order valence-electron chi connectivity index (χ2n) is 5.98. The summed E-state index contributed by atoms with van der Waals surface area (Å²) < 4.78 is 37.9. The molecule has 27 heavy (non-hydrogen) atoms. The lowest BCUT2D eigenvalue weighted by atomic mass is 10.2. The van der Waals surface area contributed by atoms with Crippen molar-refractivity contribution in [1.82, 2.24) is 4.31 Å². The monoisotopic (exact) mass is 430 g/mol. The average molecular weight is 431 g/mol. The van der Waals surface area contributed by atoms with Gasteiger partial charge in [-0.1, -0.05) is 35.3 Å². The third kappa shape index (κ3) is 3.96. The van der Waals surface area contributed by atoms with Gasteiger partial charge >= 0.3 is 0 Å². The van der Waals surface area contributed by atoms with E-state index in [1.165, 1.54) is 23.5 Å². The van der Waals surface area contributed by atoms with Crippen molar-refractivity contribution in [3.63, 3.8) is 0 Å². The predicted octanol–water partition coefficient (Wildman–Crippen LogP) is 3.52. The van der Waals surface area contributed by atoms with Crippen molar-refractivity contribution < 1.29 is 17.9 Å². The van der Waals surface area contributed by atoms with Gasteiger partial charge in [0.2, 0.25) is 10.0 Å². The van der Waals surface area contributed by atoms with E-state index in [0.29, 0.717) is 31.9 Å². The van der Waals surface area contributed by atoms with Crippen LogP contribution in [-0.2, 0) is 10.0 Å². The van der Waals surface area contributed by atoms with E-state index in [1.807, 2.05) is 24.3 Å². The van der Waals surface area contributed by atoms with Crippen LogP contribution in [0.5, 0.6) is 11.5 Å². The number of sulfonamides is 1. The molecule has 2 aromatic rings. The van der Waals surface area contributed by atoms with Crippen LogP contribution in [0.2, 0.25) is 10.0 Å². The van der Waals surface area contributed by atoms with Crippen LogP contribution in [0.3, 0.4) is 0 Å². The van der Waals surface area contributed by atoms with E-state index in [4.69, 9.17) is 32.7 Å². The van der Waals surface area contributed by atoms with E-state index in [-0.39, 0.29) is 14.9 Å². The molecule has 9 heteroatoms. The first-order valence-electron chi connectivity index (χ1n) is 8.29. The maximum atomic E-state index is 13.0. The van der Waals surface area contributed by atoms with Crippen LogP contribution in [0.15, 0.2) is 41.3 Å². The van der Waals surface area contributed by atoms with Gasteiger partial charge in [-0.05, 0) is 18.2 Å². The van der Waals surface area contributed by atoms with Crippen molar-refractivity contribution in [2.75, 3.05) is 45.3 Å². The number of piperazine rings is 1. The van der Waals surface area contributed by atoms with Gasteiger partial charge in [-0.25, -0.2) is 8.42 Å². The molecule has 1 fully saturated rings. The van der Waals surface area contributed by atoms with E-state index >= 15 is 0 Å². The minimum absolute atomic E-state index is 0.0132. The highest BCUT2D eigenvalue weighted by Gasteiger charge is 2.31. The summed E-state index contributed by atoms with van der Waals surface area (Å²) in [5.74, 6) is 1.10. The minimum atomic E-state index is -3.76. The normalized spacial score (nSPS) is 15.6. The molecule has 0 saturated carbocycles. The number of anilines is 1. The van der Waals surface area contributed by atoms with Crippen molar-refractivity contribution in [2.24, 2.45) is 0 Å². The maximum absolute atomic E-state index is 13.0. The van der Waals surface area contributed by atoms with Gasteiger partial charge in [-0.15, -0.1) is 0 Å². The SMILES string of the molecule is COc1cc(Cl)c(S(=O)(=O)N2CCN(c3ccccc3OC)CC2)cc1Cl. The van der Waals surface area contributed by atoms with Crippen molar-refractivity contribution in [3.05, 3.63) is 46.4 Å². The summed E-state index contributed by atoms with van der Waals surface area (Å²) in [6.45, 7) is 1.75. The fourth-order valence-electron chi connectivity index (χ4n) is 3.06. The summed E-state index contributed by atoms with van der Waals surface area (Å²) in [7, 11) is -0.691. The number of halogens is 2. The molecule has 0 unspecified atom stereocenters. The largest absolute Gasteiger partial charge is 0.495 e. The van der Waals surface area contributed by atoms with E-state index < -0.39 is 10.0 Å². The summed E-state index contributed by atoms with van der Waals surface area (Å²) in [5, 5.41) is 0.288. The molecule has 2 aromatic carbocycles. The Balaban J connectivity index is 1.80. The number of hydrogen-bond donors (Lipinski definition) is 0. The first-order chi connectivity index (χ1) is 12.9. The van der Waals surface area contributed by atoms with Gasteiger partial charge in [0.25, 0.3) is 0 Å². The molecule has 0 aromatic heterocycles. The van der Waals surface area contributed by atoms with Crippen LogP contribution in [0.4, 0.5) is 5.69 Å².